The maximum Gasteiger partial charge on any atom is 0.352 e. The summed E-state index contributed by atoms with van der Waals surface area (Å²) in [5.74, 6) is -0.999. The molecule has 2 aromatic rings. The third-order valence-electron chi connectivity index (χ3n) is 2.09. The summed E-state index contributed by atoms with van der Waals surface area (Å²) in [5, 5.41) is 9.90. The maximum atomic E-state index is 10.9. The number of hydrogen-bond donors (Lipinski definition) is 1. The van der Waals surface area contributed by atoms with E-state index in [1.54, 1.807) is 30.5 Å². The first-order valence-electron chi connectivity index (χ1n) is 4.45. The van der Waals surface area contributed by atoms with Gasteiger partial charge in [0.1, 0.15) is 5.69 Å². The third-order valence-corrected chi connectivity index (χ3v) is 2.53. The van der Waals surface area contributed by atoms with Crippen LogP contribution in [-0.2, 0) is 0 Å². The number of hydrogen-bond acceptors (Lipinski definition) is 1. The summed E-state index contributed by atoms with van der Waals surface area (Å²) in [5.41, 5.74) is 0.790. The molecule has 0 fully saturated rings. The van der Waals surface area contributed by atoms with Gasteiger partial charge in [0.25, 0.3) is 0 Å². The number of carboxylic acids is 1. The number of rotatable bonds is 2. The first-order valence-corrected chi connectivity index (χ1v) is 5.20. The minimum absolute atomic E-state index is 0.165. The number of carbonyl (C=O) groups is 1. The Kier molecular flexibility index (Phi) is 2.90. The molecule has 16 heavy (non-hydrogen) atoms. The van der Waals surface area contributed by atoms with E-state index in [4.69, 9.17) is 28.3 Å². The first kappa shape index (κ1) is 11.0. The standard InChI is InChI=1S/C11H7Cl2NO2/c12-7-4-8(13)6-9(5-7)14-3-1-2-10(14)11(15)16/h1-6H,(H,15,16). The fraction of sp³-hybridized carbons (Fsp3) is 0. The molecule has 1 N–H and O–H groups in total. The zero-order valence-electron chi connectivity index (χ0n) is 8.02. The predicted octanol–water partition coefficient (Wildman–Crippen LogP) is 3.48. The Hall–Kier alpha value is -1.45. The van der Waals surface area contributed by atoms with Crippen molar-refractivity contribution in [3.8, 4) is 5.69 Å². The summed E-state index contributed by atoms with van der Waals surface area (Å²) >= 11 is 11.7. The second-order valence-electron chi connectivity index (χ2n) is 3.20. The van der Waals surface area contributed by atoms with E-state index in [9.17, 15) is 4.79 Å². The molecule has 0 saturated carbocycles. The smallest absolute Gasteiger partial charge is 0.352 e. The van der Waals surface area contributed by atoms with Crippen molar-refractivity contribution in [2.24, 2.45) is 0 Å². The molecule has 0 atom stereocenters. The Bertz CT molecular complexity index is 528. The van der Waals surface area contributed by atoms with E-state index in [0.717, 1.165) is 0 Å². The summed E-state index contributed by atoms with van der Waals surface area (Å²) in [6.07, 6.45) is 1.64. The quantitative estimate of drug-likeness (QED) is 0.893. The Morgan fingerprint density at radius 2 is 1.81 bits per heavy atom. The van der Waals surface area contributed by atoms with Crippen molar-refractivity contribution in [2.45, 2.75) is 0 Å². The average molecular weight is 256 g/mol. The lowest BCUT2D eigenvalue weighted by atomic mass is 10.3. The molecule has 5 heteroatoms. The van der Waals surface area contributed by atoms with Gasteiger partial charge in [-0.3, -0.25) is 0 Å². The SMILES string of the molecule is O=C(O)c1cccn1-c1cc(Cl)cc(Cl)c1. The van der Waals surface area contributed by atoms with E-state index in [0.29, 0.717) is 15.7 Å². The summed E-state index contributed by atoms with van der Waals surface area (Å²) in [7, 11) is 0. The van der Waals surface area contributed by atoms with E-state index in [1.807, 2.05) is 0 Å². The van der Waals surface area contributed by atoms with E-state index in [-0.39, 0.29) is 5.69 Å². The molecule has 0 amide bonds. The molecule has 3 nitrogen and oxygen atoms in total. The van der Waals surface area contributed by atoms with E-state index in [2.05, 4.69) is 0 Å². The van der Waals surface area contributed by atoms with Gasteiger partial charge in [0.2, 0.25) is 0 Å². The second kappa shape index (κ2) is 4.20. The monoisotopic (exact) mass is 255 g/mol. The molecule has 0 radical (unpaired) electrons. The van der Waals surface area contributed by atoms with Crippen LogP contribution in [0.4, 0.5) is 0 Å². The van der Waals surface area contributed by atoms with Crippen molar-refractivity contribution in [1.29, 1.82) is 0 Å². The van der Waals surface area contributed by atoms with Crippen LogP contribution >= 0.6 is 23.2 Å². The van der Waals surface area contributed by atoms with Crippen molar-refractivity contribution < 1.29 is 9.90 Å². The first-order chi connectivity index (χ1) is 7.58. The summed E-state index contributed by atoms with van der Waals surface area (Å²) < 4.78 is 1.51. The normalized spacial score (nSPS) is 10.4. The number of aromatic nitrogens is 1. The molecule has 0 aliphatic carbocycles. The molecule has 0 aliphatic heterocycles. The highest BCUT2D eigenvalue weighted by Gasteiger charge is 2.10. The van der Waals surface area contributed by atoms with Crippen LogP contribution in [0.1, 0.15) is 10.5 Å². The van der Waals surface area contributed by atoms with Crippen LogP contribution in [0.3, 0.4) is 0 Å². The molecular formula is C11H7Cl2NO2. The Balaban J connectivity index is 2.58. The van der Waals surface area contributed by atoms with Crippen LogP contribution in [0.2, 0.25) is 10.0 Å². The van der Waals surface area contributed by atoms with Crippen LogP contribution in [0.25, 0.3) is 5.69 Å². The molecule has 1 heterocycles. The summed E-state index contributed by atoms with van der Waals surface area (Å²) in [6, 6.07) is 8.06. The fourth-order valence-electron chi connectivity index (χ4n) is 1.46. The van der Waals surface area contributed by atoms with Crippen molar-refractivity contribution in [1.82, 2.24) is 4.57 Å². The number of halogens is 2. The lowest BCUT2D eigenvalue weighted by molar-refractivity contribution is 0.0688. The predicted molar refractivity (Wildman–Crippen MR) is 62.7 cm³/mol. The number of nitrogens with zero attached hydrogens (tertiary/aromatic N) is 1. The molecule has 0 spiro atoms. The van der Waals surface area contributed by atoms with Gasteiger partial charge in [-0.2, -0.15) is 0 Å². The second-order valence-corrected chi connectivity index (χ2v) is 4.07. The zero-order chi connectivity index (χ0) is 11.7. The Morgan fingerprint density at radius 1 is 1.19 bits per heavy atom. The van der Waals surface area contributed by atoms with Gasteiger partial charge in [-0.15, -0.1) is 0 Å². The van der Waals surface area contributed by atoms with Crippen LogP contribution in [-0.4, -0.2) is 15.6 Å². The molecule has 0 unspecified atom stereocenters. The minimum atomic E-state index is -0.999. The highest BCUT2D eigenvalue weighted by molar-refractivity contribution is 6.34. The summed E-state index contributed by atoms with van der Waals surface area (Å²) in [6.45, 7) is 0. The molecule has 0 bridgehead atoms. The summed E-state index contributed by atoms with van der Waals surface area (Å²) in [4.78, 5) is 10.9. The van der Waals surface area contributed by atoms with Gasteiger partial charge in [-0.25, -0.2) is 4.79 Å². The molecule has 0 saturated heterocycles. The van der Waals surface area contributed by atoms with Gasteiger partial charge in [0, 0.05) is 21.9 Å². The molecule has 2 rings (SSSR count). The maximum absolute atomic E-state index is 10.9. The Labute approximate surface area is 102 Å². The van der Waals surface area contributed by atoms with Crippen molar-refractivity contribution in [2.75, 3.05) is 0 Å². The number of aromatic carboxylic acids is 1. The fourth-order valence-corrected chi connectivity index (χ4v) is 1.97. The van der Waals surface area contributed by atoms with Gasteiger partial charge in [-0.05, 0) is 30.3 Å². The molecule has 0 aliphatic rings. The molecule has 1 aromatic carbocycles. The van der Waals surface area contributed by atoms with Crippen LogP contribution in [0.5, 0.6) is 0 Å². The highest BCUT2D eigenvalue weighted by atomic mass is 35.5. The van der Waals surface area contributed by atoms with Gasteiger partial charge in [-0.1, -0.05) is 23.2 Å². The van der Waals surface area contributed by atoms with Crippen molar-refractivity contribution in [3.63, 3.8) is 0 Å². The third kappa shape index (κ3) is 2.05. The topological polar surface area (TPSA) is 42.2 Å². The lowest BCUT2D eigenvalue weighted by Gasteiger charge is -2.07. The largest absolute Gasteiger partial charge is 0.477 e. The van der Waals surface area contributed by atoms with Gasteiger partial charge in [0.15, 0.2) is 0 Å². The van der Waals surface area contributed by atoms with Crippen LogP contribution < -0.4 is 0 Å². The van der Waals surface area contributed by atoms with Crippen molar-refractivity contribution >= 4 is 29.2 Å². The molecule has 1 aromatic heterocycles. The van der Waals surface area contributed by atoms with Crippen LogP contribution in [0.15, 0.2) is 36.5 Å². The Morgan fingerprint density at radius 3 is 2.38 bits per heavy atom. The number of benzene rings is 1. The zero-order valence-corrected chi connectivity index (χ0v) is 9.53. The van der Waals surface area contributed by atoms with Gasteiger partial charge >= 0.3 is 5.97 Å². The van der Waals surface area contributed by atoms with E-state index < -0.39 is 5.97 Å². The van der Waals surface area contributed by atoms with E-state index in [1.165, 1.54) is 10.6 Å². The van der Waals surface area contributed by atoms with Gasteiger partial charge < -0.3 is 9.67 Å². The number of carboxylic acid groups (broad SMARTS) is 1. The van der Waals surface area contributed by atoms with Crippen LogP contribution in [0, 0.1) is 0 Å². The molecular weight excluding hydrogens is 249 g/mol. The highest BCUT2D eigenvalue weighted by Crippen LogP contribution is 2.23. The average Bonchev–Trinajstić information content (AvgIpc) is 2.63. The van der Waals surface area contributed by atoms with E-state index >= 15 is 0 Å². The van der Waals surface area contributed by atoms with Crippen molar-refractivity contribution in [3.05, 3.63) is 52.3 Å². The molecule has 82 valence electrons. The lowest BCUT2D eigenvalue weighted by Crippen LogP contribution is -2.05. The van der Waals surface area contributed by atoms with Gasteiger partial charge in [0.05, 0.1) is 0 Å². The minimum Gasteiger partial charge on any atom is -0.477 e.